The number of carbonyl (C=O) groups excluding carboxylic acids is 1. The lowest BCUT2D eigenvalue weighted by atomic mass is 9.94. The number of aryl methyl sites for hydroxylation is 2. The number of aromatic nitrogens is 5. The Morgan fingerprint density at radius 2 is 2.21 bits per heavy atom. The zero-order valence-corrected chi connectivity index (χ0v) is 19.7. The van der Waals surface area contributed by atoms with Crippen molar-refractivity contribution in [3.8, 4) is 17.6 Å². The fraction of sp³-hybridized carbons (Fsp3) is 0.400. The van der Waals surface area contributed by atoms with Crippen molar-refractivity contribution >= 4 is 39.9 Å². The molecule has 3 aromatic heterocycles. The van der Waals surface area contributed by atoms with E-state index in [2.05, 4.69) is 25.4 Å². The summed E-state index contributed by atoms with van der Waals surface area (Å²) in [5.74, 6) is -1.01. The van der Waals surface area contributed by atoms with Gasteiger partial charge in [0.15, 0.2) is 11.0 Å². The lowest BCUT2D eigenvalue weighted by Crippen LogP contribution is -2.50. The fourth-order valence-corrected chi connectivity index (χ4v) is 5.02. The summed E-state index contributed by atoms with van der Waals surface area (Å²) in [6.45, 7) is 4.86. The number of aromatic carboxylic acids is 1. The second kappa shape index (κ2) is 8.84. The maximum atomic E-state index is 12.8. The second-order valence-electron chi connectivity index (χ2n) is 7.90. The number of carbonyl (C=O) groups is 2. The predicted molar refractivity (Wildman–Crippen MR) is 122 cm³/mol. The van der Waals surface area contributed by atoms with Crippen molar-refractivity contribution in [2.75, 3.05) is 18.0 Å². The van der Waals surface area contributed by atoms with Crippen LogP contribution in [0.5, 0.6) is 0 Å². The molecule has 172 valence electrons. The number of H-pyrrole nitrogens is 1. The molecule has 0 radical (unpaired) electrons. The van der Waals surface area contributed by atoms with Crippen molar-refractivity contribution in [3.05, 3.63) is 33.2 Å². The maximum absolute atomic E-state index is 12.8. The lowest BCUT2D eigenvalue weighted by molar-refractivity contribution is 0.0702. The number of nitriles is 1. The topological polar surface area (TPSA) is 153 Å². The molecule has 1 amide bonds. The largest absolute Gasteiger partial charge is 0.477 e. The van der Waals surface area contributed by atoms with Crippen LogP contribution in [0.25, 0.3) is 11.5 Å². The van der Waals surface area contributed by atoms with E-state index < -0.39 is 5.97 Å². The minimum atomic E-state index is -1.07. The van der Waals surface area contributed by atoms with Gasteiger partial charge in [-0.1, -0.05) is 29.9 Å². The van der Waals surface area contributed by atoms with Crippen molar-refractivity contribution in [2.45, 2.75) is 26.3 Å². The Labute approximate surface area is 198 Å². The van der Waals surface area contributed by atoms with Crippen molar-refractivity contribution in [1.82, 2.24) is 30.0 Å². The first-order valence-electron chi connectivity index (χ1n) is 10.1. The van der Waals surface area contributed by atoms with Crippen molar-refractivity contribution < 1.29 is 14.7 Å². The van der Waals surface area contributed by atoms with Gasteiger partial charge in [0.2, 0.25) is 0 Å². The van der Waals surface area contributed by atoms with E-state index in [1.54, 1.807) is 14.0 Å². The molecular weight excluding hydrogens is 468 g/mol. The molecule has 2 atom stereocenters. The molecule has 1 aliphatic heterocycles. The van der Waals surface area contributed by atoms with E-state index in [0.717, 1.165) is 11.3 Å². The quantitative estimate of drug-likeness (QED) is 0.495. The zero-order valence-electron chi connectivity index (χ0n) is 18.1. The van der Waals surface area contributed by atoms with Gasteiger partial charge in [0.1, 0.15) is 34.2 Å². The molecule has 3 N–H and O–H groups in total. The van der Waals surface area contributed by atoms with Crippen molar-refractivity contribution in [1.29, 1.82) is 5.26 Å². The summed E-state index contributed by atoms with van der Waals surface area (Å²) in [7, 11) is 1.68. The van der Waals surface area contributed by atoms with Gasteiger partial charge >= 0.3 is 5.97 Å². The van der Waals surface area contributed by atoms with Crippen LogP contribution in [0.4, 0.5) is 5.13 Å². The Kier molecular flexibility index (Phi) is 6.09. The van der Waals surface area contributed by atoms with Gasteiger partial charge in [-0.2, -0.15) is 10.4 Å². The molecule has 0 unspecified atom stereocenters. The first kappa shape index (κ1) is 22.8. The molecule has 33 heavy (non-hydrogen) atoms. The van der Waals surface area contributed by atoms with Crippen LogP contribution < -0.4 is 10.2 Å². The molecular formula is C20H21ClN8O3S. The third-order valence-electron chi connectivity index (χ3n) is 5.68. The number of nitrogens with one attached hydrogen (secondary N) is 2. The highest BCUT2D eigenvalue weighted by atomic mass is 35.5. The van der Waals surface area contributed by atoms with Gasteiger partial charge < -0.3 is 20.3 Å². The summed E-state index contributed by atoms with van der Waals surface area (Å²) in [6, 6.07) is 1.85. The molecule has 11 nitrogen and oxygen atoms in total. The third-order valence-corrected chi connectivity index (χ3v) is 7.25. The van der Waals surface area contributed by atoms with E-state index in [0.29, 0.717) is 36.2 Å². The van der Waals surface area contributed by atoms with E-state index in [1.165, 1.54) is 11.0 Å². The average molecular weight is 489 g/mol. The smallest absolute Gasteiger partial charge is 0.348 e. The molecule has 0 aliphatic carbocycles. The number of nitrogens with zero attached hydrogens (tertiary/aromatic N) is 6. The summed E-state index contributed by atoms with van der Waals surface area (Å²) in [4.78, 5) is 38.3. The van der Waals surface area contributed by atoms with Crippen LogP contribution in [0.3, 0.4) is 0 Å². The van der Waals surface area contributed by atoms with E-state index in [4.69, 9.17) is 11.6 Å². The molecule has 4 rings (SSSR count). The molecule has 0 bridgehead atoms. The van der Waals surface area contributed by atoms with Crippen LogP contribution in [-0.2, 0) is 7.05 Å². The number of aromatic amines is 1. The molecule has 0 saturated carbocycles. The van der Waals surface area contributed by atoms with Crippen LogP contribution in [0.1, 0.15) is 44.8 Å². The number of hydrogen-bond donors (Lipinski definition) is 3. The molecule has 0 spiro atoms. The average Bonchev–Trinajstić information content (AvgIpc) is 3.47. The third kappa shape index (κ3) is 4.17. The Bertz CT molecular complexity index is 1270. The first-order chi connectivity index (χ1) is 15.7. The van der Waals surface area contributed by atoms with Gasteiger partial charge in [-0.05, 0) is 19.3 Å². The molecule has 4 heterocycles. The number of rotatable bonds is 5. The molecule has 13 heteroatoms. The summed E-state index contributed by atoms with van der Waals surface area (Å²) >= 11 is 7.20. The Morgan fingerprint density at radius 3 is 2.82 bits per heavy atom. The number of amides is 1. The number of carboxylic acids is 1. The standard InChI is InChI=1S/C20H21ClN8O3S/c1-9-7-29(20-27-15(16(33-20)19(31)32)17-23-8-24-28(17)3)5-4-12(9)26-18(30)14-11(6-22)13(21)10(2)25-14/h8-9,12,25H,4-5,7H2,1-3H3,(H,26,30)(H,31,32)/t9-,12+/m0/s1. The number of hydrogen-bond acceptors (Lipinski definition) is 8. The number of thiazole rings is 1. The van der Waals surface area contributed by atoms with E-state index in [1.807, 2.05) is 17.9 Å². The van der Waals surface area contributed by atoms with Crippen LogP contribution >= 0.6 is 22.9 Å². The summed E-state index contributed by atoms with van der Waals surface area (Å²) < 4.78 is 1.49. The summed E-state index contributed by atoms with van der Waals surface area (Å²) in [5.41, 5.74) is 1.15. The van der Waals surface area contributed by atoms with E-state index in [-0.39, 0.29) is 44.7 Å². The second-order valence-corrected chi connectivity index (χ2v) is 9.26. The minimum Gasteiger partial charge on any atom is -0.477 e. The summed E-state index contributed by atoms with van der Waals surface area (Å²) in [6.07, 6.45) is 1.98. The number of piperidine rings is 1. The van der Waals surface area contributed by atoms with Crippen LogP contribution in [0.15, 0.2) is 6.33 Å². The van der Waals surface area contributed by atoms with Gasteiger partial charge in [0.25, 0.3) is 5.91 Å². The lowest BCUT2D eigenvalue weighted by Gasteiger charge is -2.37. The van der Waals surface area contributed by atoms with Crippen molar-refractivity contribution in [2.24, 2.45) is 13.0 Å². The SMILES string of the molecule is Cc1[nH]c(C(=O)N[C@@H]2CCN(c3nc(-c4ncnn4C)c(C(=O)O)s3)C[C@@H]2C)c(C#N)c1Cl. The van der Waals surface area contributed by atoms with Crippen LogP contribution in [-0.4, -0.2) is 60.8 Å². The molecule has 1 saturated heterocycles. The monoisotopic (exact) mass is 488 g/mol. The van der Waals surface area contributed by atoms with Crippen molar-refractivity contribution in [3.63, 3.8) is 0 Å². The predicted octanol–water partition coefficient (Wildman–Crippen LogP) is 2.44. The number of carboxylic acid groups (broad SMARTS) is 1. The van der Waals surface area contributed by atoms with E-state index in [9.17, 15) is 20.0 Å². The minimum absolute atomic E-state index is 0.0511. The molecule has 1 fully saturated rings. The van der Waals surface area contributed by atoms with E-state index >= 15 is 0 Å². The Balaban J connectivity index is 1.50. The van der Waals surface area contributed by atoms with Gasteiger partial charge in [-0.25, -0.2) is 19.4 Å². The molecule has 1 aliphatic rings. The number of halogens is 1. The Hall–Kier alpha value is -3.43. The number of anilines is 1. The molecule has 3 aromatic rings. The van der Waals surface area contributed by atoms with Gasteiger partial charge in [-0.3, -0.25) is 4.79 Å². The highest BCUT2D eigenvalue weighted by Gasteiger charge is 2.32. The fourth-order valence-electron chi connectivity index (χ4n) is 3.90. The van der Waals surface area contributed by atoms with Gasteiger partial charge in [0.05, 0.1) is 5.02 Å². The maximum Gasteiger partial charge on any atom is 0.348 e. The normalized spacial score (nSPS) is 18.2. The van der Waals surface area contributed by atoms with Gasteiger partial charge in [0, 0.05) is 31.9 Å². The van der Waals surface area contributed by atoms with Crippen LogP contribution in [0, 0.1) is 24.2 Å². The highest BCUT2D eigenvalue weighted by Crippen LogP contribution is 2.34. The first-order valence-corrected chi connectivity index (χ1v) is 11.3. The highest BCUT2D eigenvalue weighted by molar-refractivity contribution is 7.17. The van der Waals surface area contributed by atoms with Gasteiger partial charge in [-0.15, -0.1) is 0 Å². The summed E-state index contributed by atoms with van der Waals surface area (Å²) in [5, 5.41) is 26.8. The van der Waals surface area contributed by atoms with Crippen LogP contribution in [0.2, 0.25) is 5.02 Å². The zero-order chi connectivity index (χ0) is 23.9. The Morgan fingerprint density at radius 1 is 1.45 bits per heavy atom. The molecule has 0 aromatic carbocycles.